The van der Waals surface area contributed by atoms with Gasteiger partial charge in [0.05, 0.1) is 18.9 Å². The molecule has 2 fully saturated rings. The van der Waals surface area contributed by atoms with Crippen LogP contribution in [0.15, 0.2) is 35.9 Å². The molecule has 0 bridgehead atoms. The lowest BCUT2D eigenvalue weighted by molar-refractivity contribution is -0.138. The van der Waals surface area contributed by atoms with Crippen LogP contribution in [0.25, 0.3) is 0 Å². The zero-order chi connectivity index (χ0) is 19.8. The summed E-state index contributed by atoms with van der Waals surface area (Å²) in [4.78, 5) is 27.7. The van der Waals surface area contributed by atoms with Crippen LogP contribution < -0.4 is 10.1 Å². The molecule has 1 saturated carbocycles. The van der Waals surface area contributed by atoms with Crippen molar-refractivity contribution in [2.45, 2.75) is 33.7 Å². The first-order valence-electron chi connectivity index (χ1n) is 9.24. The predicted octanol–water partition coefficient (Wildman–Crippen LogP) is 3.77. The molecule has 0 aromatic heterocycles. The van der Waals surface area contributed by atoms with Crippen LogP contribution in [0, 0.1) is 17.3 Å². The molecule has 1 heterocycles. The van der Waals surface area contributed by atoms with Crippen LogP contribution in [0.5, 0.6) is 5.75 Å². The molecule has 5 nitrogen and oxygen atoms in total. The van der Waals surface area contributed by atoms with Crippen molar-refractivity contribution in [1.82, 2.24) is 4.90 Å². The van der Waals surface area contributed by atoms with Gasteiger partial charge in [-0.05, 0) is 49.4 Å². The van der Waals surface area contributed by atoms with Gasteiger partial charge in [-0.1, -0.05) is 25.5 Å². The lowest BCUT2D eigenvalue weighted by Gasteiger charge is -2.24. The Kier molecular flexibility index (Phi) is 5.56. The lowest BCUT2D eigenvalue weighted by atomic mass is 10.1. The maximum absolute atomic E-state index is 13.2. The van der Waals surface area contributed by atoms with E-state index in [1.165, 1.54) is 5.57 Å². The first-order chi connectivity index (χ1) is 12.8. The van der Waals surface area contributed by atoms with Crippen molar-refractivity contribution < 1.29 is 14.3 Å². The maximum Gasteiger partial charge on any atom is 0.248 e. The molecule has 2 aliphatic rings. The largest absolute Gasteiger partial charge is 0.497 e. The Morgan fingerprint density at radius 2 is 1.93 bits per heavy atom. The molecule has 0 radical (unpaired) electrons. The SMILES string of the molecule is COc1ccc(NC(=O)C2CSCN2C(=O)C2C(C=C(C)C)C2(C)C)cc1. The van der Waals surface area contributed by atoms with Crippen molar-refractivity contribution in [1.29, 1.82) is 0 Å². The van der Waals surface area contributed by atoms with Gasteiger partial charge < -0.3 is 15.0 Å². The van der Waals surface area contributed by atoms with Gasteiger partial charge in [0, 0.05) is 11.4 Å². The number of nitrogens with one attached hydrogen (secondary N) is 1. The first kappa shape index (κ1) is 19.8. The Bertz CT molecular complexity index is 753. The number of anilines is 1. The number of thioether (sulfide) groups is 1. The normalized spacial score (nSPS) is 25.7. The number of benzene rings is 1. The summed E-state index contributed by atoms with van der Waals surface area (Å²) >= 11 is 1.63. The van der Waals surface area contributed by atoms with E-state index in [-0.39, 0.29) is 29.1 Å². The van der Waals surface area contributed by atoms with E-state index < -0.39 is 6.04 Å². The number of allylic oxidation sites excluding steroid dienone is 2. The molecular formula is C21H28N2O3S. The number of amides is 2. The fraction of sp³-hybridized carbons (Fsp3) is 0.524. The smallest absolute Gasteiger partial charge is 0.248 e. The second kappa shape index (κ2) is 7.58. The molecule has 146 valence electrons. The van der Waals surface area contributed by atoms with E-state index in [2.05, 4.69) is 39.1 Å². The molecular weight excluding hydrogens is 360 g/mol. The van der Waals surface area contributed by atoms with Gasteiger partial charge in [-0.2, -0.15) is 0 Å². The minimum absolute atomic E-state index is 0.0395. The third kappa shape index (κ3) is 4.00. The summed E-state index contributed by atoms with van der Waals surface area (Å²) in [6, 6.07) is 6.80. The van der Waals surface area contributed by atoms with Gasteiger partial charge in [0.2, 0.25) is 11.8 Å². The summed E-state index contributed by atoms with van der Waals surface area (Å²) < 4.78 is 5.14. The van der Waals surface area contributed by atoms with Gasteiger partial charge in [-0.25, -0.2) is 0 Å². The van der Waals surface area contributed by atoms with Crippen molar-refractivity contribution in [3.05, 3.63) is 35.9 Å². The van der Waals surface area contributed by atoms with Crippen LogP contribution in [0.1, 0.15) is 27.7 Å². The molecule has 1 aliphatic heterocycles. The number of carbonyl (C=O) groups excluding carboxylic acids is 2. The average Bonchev–Trinajstić information content (AvgIpc) is 2.99. The van der Waals surface area contributed by atoms with Crippen molar-refractivity contribution in [3.63, 3.8) is 0 Å². The molecule has 27 heavy (non-hydrogen) atoms. The van der Waals surface area contributed by atoms with E-state index in [1.807, 2.05) is 0 Å². The third-order valence-electron chi connectivity index (χ3n) is 5.52. The van der Waals surface area contributed by atoms with Crippen LogP contribution in [-0.2, 0) is 9.59 Å². The Labute approximate surface area is 165 Å². The number of ether oxygens (including phenoxy) is 1. The highest BCUT2D eigenvalue weighted by Gasteiger charge is 2.62. The summed E-state index contributed by atoms with van der Waals surface area (Å²) in [7, 11) is 1.61. The van der Waals surface area contributed by atoms with Crippen LogP contribution in [0.3, 0.4) is 0 Å². The van der Waals surface area contributed by atoms with Gasteiger partial charge in [0.25, 0.3) is 0 Å². The monoisotopic (exact) mass is 388 g/mol. The second-order valence-electron chi connectivity index (χ2n) is 8.11. The molecule has 3 unspecified atom stereocenters. The van der Waals surface area contributed by atoms with E-state index in [0.717, 1.165) is 5.75 Å². The molecule has 0 spiro atoms. The highest BCUT2D eigenvalue weighted by molar-refractivity contribution is 7.99. The predicted molar refractivity (Wildman–Crippen MR) is 110 cm³/mol. The van der Waals surface area contributed by atoms with Gasteiger partial charge in [0.15, 0.2) is 0 Å². The Hall–Kier alpha value is -1.95. The third-order valence-corrected chi connectivity index (χ3v) is 6.53. The average molecular weight is 389 g/mol. The summed E-state index contributed by atoms with van der Waals surface area (Å²) in [6.45, 7) is 8.39. The maximum atomic E-state index is 13.2. The Morgan fingerprint density at radius 1 is 1.26 bits per heavy atom. The quantitative estimate of drug-likeness (QED) is 0.780. The fourth-order valence-electron chi connectivity index (χ4n) is 3.78. The van der Waals surface area contributed by atoms with Crippen molar-refractivity contribution in [2.75, 3.05) is 24.1 Å². The molecule has 1 aromatic carbocycles. The highest BCUT2D eigenvalue weighted by atomic mass is 32.2. The summed E-state index contributed by atoms with van der Waals surface area (Å²) in [5.74, 6) is 2.14. The molecule has 3 atom stereocenters. The number of nitrogens with zero attached hydrogens (tertiary/aromatic N) is 1. The summed E-state index contributed by atoms with van der Waals surface area (Å²) in [5.41, 5.74) is 1.89. The molecule has 1 aliphatic carbocycles. The van der Waals surface area contributed by atoms with Crippen molar-refractivity contribution in [3.8, 4) is 5.75 Å². The Balaban J connectivity index is 1.68. The Morgan fingerprint density at radius 3 is 2.52 bits per heavy atom. The van der Waals surface area contributed by atoms with E-state index in [9.17, 15) is 9.59 Å². The van der Waals surface area contributed by atoms with E-state index in [4.69, 9.17) is 4.74 Å². The number of carbonyl (C=O) groups is 2. The molecule has 1 aromatic rings. The number of methoxy groups -OCH3 is 1. The zero-order valence-corrected chi connectivity index (χ0v) is 17.4. The first-order valence-corrected chi connectivity index (χ1v) is 10.4. The van der Waals surface area contributed by atoms with Gasteiger partial charge in [-0.15, -0.1) is 11.8 Å². The van der Waals surface area contributed by atoms with Gasteiger partial charge in [-0.3, -0.25) is 9.59 Å². The topological polar surface area (TPSA) is 58.6 Å². The molecule has 1 saturated heterocycles. The van der Waals surface area contributed by atoms with Crippen LogP contribution in [0.4, 0.5) is 5.69 Å². The van der Waals surface area contributed by atoms with Crippen LogP contribution in [0.2, 0.25) is 0 Å². The van der Waals surface area contributed by atoms with E-state index >= 15 is 0 Å². The number of rotatable bonds is 5. The molecule has 3 rings (SSSR count). The van der Waals surface area contributed by atoms with E-state index in [0.29, 0.717) is 17.3 Å². The molecule has 2 amide bonds. The molecule has 6 heteroatoms. The van der Waals surface area contributed by atoms with E-state index in [1.54, 1.807) is 48.0 Å². The van der Waals surface area contributed by atoms with Crippen LogP contribution >= 0.6 is 11.8 Å². The zero-order valence-electron chi connectivity index (χ0n) is 16.6. The lowest BCUT2D eigenvalue weighted by Crippen LogP contribution is -2.45. The summed E-state index contributed by atoms with van der Waals surface area (Å²) in [5, 5.41) is 2.93. The standard InChI is InChI=1S/C21H28N2O3S/c1-13(2)10-16-18(21(16,3)4)20(25)23-12-27-11-17(23)19(24)22-14-6-8-15(26-5)9-7-14/h6-10,16-18H,11-12H2,1-5H3,(H,22,24). The second-order valence-corrected chi connectivity index (χ2v) is 9.11. The number of hydrogen-bond donors (Lipinski definition) is 1. The van der Waals surface area contributed by atoms with Crippen molar-refractivity contribution in [2.24, 2.45) is 17.3 Å². The molecule has 1 N–H and O–H groups in total. The minimum Gasteiger partial charge on any atom is -0.497 e. The van der Waals surface area contributed by atoms with Crippen molar-refractivity contribution >= 4 is 29.3 Å². The highest BCUT2D eigenvalue weighted by Crippen LogP contribution is 2.60. The van der Waals surface area contributed by atoms with Crippen LogP contribution in [-0.4, -0.2) is 41.5 Å². The summed E-state index contributed by atoms with van der Waals surface area (Å²) in [6.07, 6.45) is 2.19. The minimum atomic E-state index is -0.423. The fourth-order valence-corrected chi connectivity index (χ4v) is 4.94. The van der Waals surface area contributed by atoms with Gasteiger partial charge in [0.1, 0.15) is 11.8 Å². The number of hydrogen-bond acceptors (Lipinski definition) is 4. The van der Waals surface area contributed by atoms with Gasteiger partial charge >= 0.3 is 0 Å².